The molecule has 0 radical (unpaired) electrons. The number of rotatable bonds is 6. The normalized spacial score (nSPS) is 11.7. The van der Waals surface area contributed by atoms with Gasteiger partial charge in [0.05, 0.1) is 18.4 Å². The molecule has 0 fully saturated rings. The van der Waals surface area contributed by atoms with Crippen LogP contribution in [-0.4, -0.2) is 33.5 Å². The van der Waals surface area contributed by atoms with Crippen LogP contribution in [0.15, 0.2) is 36.9 Å². The van der Waals surface area contributed by atoms with E-state index in [1.807, 2.05) is 11.5 Å². The van der Waals surface area contributed by atoms with E-state index in [1.165, 1.54) is 25.3 Å². The molecule has 0 saturated heterocycles. The van der Waals surface area contributed by atoms with Gasteiger partial charge < -0.3 is 14.6 Å². The van der Waals surface area contributed by atoms with E-state index in [-0.39, 0.29) is 28.9 Å². The number of imidazole rings is 1. The van der Waals surface area contributed by atoms with Gasteiger partial charge in [0.15, 0.2) is 5.75 Å². The molecule has 2 rings (SSSR count). The molecule has 2 aromatic rings. The molecule has 0 aliphatic heterocycles. The molecule has 1 atom stereocenters. The molecule has 1 aromatic carbocycles. The molecule has 1 N–H and O–H groups in total. The van der Waals surface area contributed by atoms with Crippen molar-refractivity contribution >= 4 is 11.6 Å². The van der Waals surface area contributed by atoms with Gasteiger partial charge in [-0.1, -0.05) is 0 Å². The Morgan fingerprint density at radius 1 is 1.55 bits per heavy atom. The van der Waals surface area contributed by atoms with Gasteiger partial charge in [0.1, 0.15) is 0 Å². The zero-order valence-corrected chi connectivity index (χ0v) is 12.2. The maximum absolute atomic E-state index is 12.2. The highest BCUT2D eigenvalue weighted by atomic mass is 16.6. The summed E-state index contributed by atoms with van der Waals surface area (Å²) in [5.41, 5.74) is -0.0256. The second-order valence-electron chi connectivity index (χ2n) is 4.78. The molecule has 22 heavy (non-hydrogen) atoms. The third-order valence-electron chi connectivity index (χ3n) is 3.06. The number of nitro groups is 1. The van der Waals surface area contributed by atoms with Crippen LogP contribution >= 0.6 is 0 Å². The highest BCUT2D eigenvalue weighted by Gasteiger charge is 2.19. The molecule has 0 aliphatic carbocycles. The average Bonchev–Trinajstić information content (AvgIpc) is 2.99. The number of methoxy groups -OCH3 is 1. The van der Waals surface area contributed by atoms with Crippen LogP contribution in [0.2, 0.25) is 0 Å². The molecular formula is C14H16N4O4. The summed E-state index contributed by atoms with van der Waals surface area (Å²) in [6.07, 6.45) is 5.10. The summed E-state index contributed by atoms with van der Waals surface area (Å²) in [5, 5.41) is 13.8. The van der Waals surface area contributed by atoms with E-state index < -0.39 is 4.92 Å². The maximum Gasteiger partial charge on any atom is 0.311 e. The van der Waals surface area contributed by atoms with Crippen LogP contribution in [0.5, 0.6) is 5.75 Å². The molecule has 8 nitrogen and oxygen atoms in total. The standard InChI is InChI=1S/C14H16N4O4/c1-10(8-17-6-5-15-9-17)16-14(19)11-3-4-13(22-2)12(7-11)18(20)21/h3-7,9-10H,8H2,1-2H3,(H,16,19)/t10-/m0/s1. The van der Waals surface area contributed by atoms with Crippen LogP contribution < -0.4 is 10.1 Å². The van der Waals surface area contributed by atoms with Gasteiger partial charge in [-0.3, -0.25) is 14.9 Å². The molecule has 0 bridgehead atoms. The van der Waals surface area contributed by atoms with Crippen LogP contribution in [0.4, 0.5) is 5.69 Å². The van der Waals surface area contributed by atoms with Crippen molar-refractivity contribution in [2.75, 3.05) is 7.11 Å². The second-order valence-corrected chi connectivity index (χ2v) is 4.78. The number of aromatic nitrogens is 2. The fourth-order valence-corrected chi connectivity index (χ4v) is 2.04. The Labute approximate surface area is 126 Å². The van der Waals surface area contributed by atoms with Crippen LogP contribution in [0, 0.1) is 10.1 Å². The molecular weight excluding hydrogens is 288 g/mol. The van der Waals surface area contributed by atoms with E-state index in [4.69, 9.17) is 4.74 Å². The fourth-order valence-electron chi connectivity index (χ4n) is 2.04. The zero-order valence-electron chi connectivity index (χ0n) is 12.2. The topological polar surface area (TPSA) is 99.3 Å². The largest absolute Gasteiger partial charge is 0.490 e. The van der Waals surface area contributed by atoms with E-state index in [0.717, 1.165) is 0 Å². The van der Waals surface area contributed by atoms with E-state index in [2.05, 4.69) is 10.3 Å². The molecule has 0 unspecified atom stereocenters. The zero-order chi connectivity index (χ0) is 16.1. The number of hydrogen-bond acceptors (Lipinski definition) is 5. The number of benzene rings is 1. The van der Waals surface area contributed by atoms with Crippen LogP contribution in [0.25, 0.3) is 0 Å². The van der Waals surface area contributed by atoms with Crippen LogP contribution in [0.3, 0.4) is 0 Å². The number of hydrogen-bond donors (Lipinski definition) is 1. The lowest BCUT2D eigenvalue weighted by atomic mass is 10.1. The lowest BCUT2D eigenvalue weighted by molar-refractivity contribution is -0.385. The number of carbonyl (C=O) groups is 1. The summed E-state index contributed by atoms with van der Waals surface area (Å²) in [6.45, 7) is 2.40. The van der Waals surface area contributed by atoms with Gasteiger partial charge in [0.25, 0.3) is 5.91 Å². The van der Waals surface area contributed by atoms with Crippen molar-refractivity contribution in [3.05, 3.63) is 52.6 Å². The Morgan fingerprint density at radius 2 is 2.32 bits per heavy atom. The lowest BCUT2D eigenvalue weighted by Gasteiger charge is -2.14. The first kappa shape index (κ1) is 15.5. The maximum atomic E-state index is 12.2. The SMILES string of the molecule is COc1ccc(C(=O)N[C@@H](C)Cn2ccnc2)cc1[N+](=O)[O-]. The van der Waals surface area contributed by atoms with Crippen LogP contribution in [0.1, 0.15) is 17.3 Å². The minimum Gasteiger partial charge on any atom is -0.490 e. The van der Waals surface area contributed by atoms with Crippen molar-refractivity contribution in [2.45, 2.75) is 19.5 Å². The van der Waals surface area contributed by atoms with Crippen molar-refractivity contribution < 1.29 is 14.5 Å². The van der Waals surface area contributed by atoms with Crippen molar-refractivity contribution in [3.8, 4) is 5.75 Å². The van der Waals surface area contributed by atoms with Gasteiger partial charge in [0.2, 0.25) is 0 Å². The van der Waals surface area contributed by atoms with E-state index >= 15 is 0 Å². The highest BCUT2D eigenvalue weighted by molar-refractivity contribution is 5.95. The number of ether oxygens (including phenoxy) is 1. The Kier molecular flexibility index (Phi) is 4.72. The summed E-state index contributed by atoms with van der Waals surface area (Å²) < 4.78 is 6.74. The van der Waals surface area contributed by atoms with E-state index in [1.54, 1.807) is 18.7 Å². The monoisotopic (exact) mass is 304 g/mol. The molecule has 0 spiro atoms. The summed E-state index contributed by atoms with van der Waals surface area (Å²) in [7, 11) is 1.34. The van der Waals surface area contributed by atoms with Gasteiger partial charge in [-0.25, -0.2) is 4.98 Å². The molecule has 0 aliphatic rings. The summed E-state index contributed by atoms with van der Waals surface area (Å²) >= 11 is 0. The summed E-state index contributed by atoms with van der Waals surface area (Å²) in [6, 6.07) is 3.96. The molecule has 8 heteroatoms. The van der Waals surface area contributed by atoms with Gasteiger partial charge in [0, 0.05) is 36.6 Å². The van der Waals surface area contributed by atoms with E-state index in [0.29, 0.717) is 6.54 Å². The summed E-state index contributed by atoms with van der Waals surface area (Å²) in [4.78, 5) is 26.5. The first-order valence-corrected chi connectivity index (χ1v) is 6.60. The predicted octanol–water partition coefficient (Wildman–Crippen LogP) is 1.62. The third-order valence-corrected chi connectivity index (χ3v) is 3.06. The number of carbonyl (C=O) groups excluding carboxylic acids is 1. The molecule has 116 valence electrons. The Bertz CT molecular complexity index is 669. The number of nitrogens with zero attached hydrogens (tertiary/aromatic N) is 3. The van der Waals surface area contributed by atoms with Crippen molar-refractivity contribution in [1.29, 1.82) is 0 Å². The molecule has 0 saturated carbocycles. The van der Waals surface area contributed by atoms with Gasteiger partial charge in [-0.2, -0.15) is 0 Å². The van der Waals surface area contributed by atoms with Crippen molar-refractivity contribution in [3.63, 3.8) is 0 Å². The van der Waals surface area contributed by atoms with Gasteiger partial charge in [-0.05, 0) is 19.1 Å². The quantitative estimate of drug-likeness (QED) is 0.645. The first-order valence-electron chi connectivity index (χ1n) is 6.60. The highest BCUT2D eigenvalue weighted by Crippen LogP contribution is 2.27. The van der Waals surface area contributed by atoms with Crippen LogP contribution in [-0.2, 0) is 6.54 Å². The smallest absolute Gasteiger partial charge is 0.311 e. The van der Waals surface area contributed by atoms with Gasteiger partial charge >= 0.3 is 5.69 Å². The Balaban J connectivity index is 2.09. The van der Waals surface area contributed by atoms with Gasteiger partial charge in [-0.15, -0.1) is 0 Å². The third kappa shape index (κ3) is 3.60. The minimum atomic E-state index is -0.579. The first-order chi connectivity index (χ1) is 10.5. The number of nitro benzene ring substituents is 1. The molecule has 1 aromatic heterocycles. The number of nitrogens with one attached hydrogen (secondary N) is 1. The second kappa shape index (κ2) is 6.70. The number of amides is 1. The molecule has 1 amide bonds. The minimum absolute atomic E-state index is 0.119. The molecule has 1 heterocycles. The van der Waals surface area contributed by atoms with E-state index in [9.17, 15) is 14.9 Å². The average molecular weight is 304 g/mol. The fraction of sp³-hybridized carbons (Fsp3) is 0.286. The summed E-state index contributed by atoms with van der Waals surface area (Å²) in [5.74, 6) is -0.258. The Hall–Kier alpha value is -2.90. The predicted molar refractivity (Wildman–Crippen MR) is 78.8 cm³/mol. The lowest BCUT2D eigenvalue weighted by Crippen LogP contribution is -2.35. The Morgan fingerprint density at radius 3 is 2.91 bits per heavy atom. The van der Waals surface area contributed by atoms with Crippen molar-refractivity contribution in [2.24, 2.45) is 0 Å². The van der Waals surface area contributed by atoms with Crippen molar-refractivity contribution in [1.82, 2.24) is 14.9 Å².